The lowest BCUT2D eigenvalue weighted by atomic mass is 9.82. The number of carbonyl (C=O) groups is 1. The van der Waals surface area contributed by atoms with Gasteiger partial charge in [0, 0.05) is 18.5 Å². The van der Waals surface area contributed by atoms with Gasteiger partial charge in [0.15, 0.2) is 0 Å². The number of hydrogen-bond acceptors (Lipinski definition) is 6. The lowest BCUT2D eigenvalue weighted by molar-refractivity contribution is -0.188. The SMILES string of the molecule is Cc1ccc(CN2CCC3(CC2)OCC(=O)N(Cc2csc(C)n2)[C@@H]3C)o1. The van der Waals surface area contributed by atoms with Crippen molar-refractivity contribution in [3.05, 3.63) is 39.7 Å². The Balaban J connectivity index is 1.41. The van der Waals surface area contributed by atoms with Crippen LogP contribution in [0.4, 0.5) is 0 Å². The van der Waals surface area contributed by atoms with E-state index in [-0.39, 0.29) is 24.2 Å². The molecule has 1 spiro atoms. The summed E-state index contributed by atoms with van der Waals surface area (Å²) < 4.78 is 11.9. The molecule has 2 aromatic heterocycles. The molecule has 0 aromatic carbocycles. The number of piperidine rings is 1. The third-order valence-corrected chi connectivity index (χ3v) is 6.73. The minimum Gasteiger partial charge on any atom is -0.465 e. The van der Waals surface area contributed by atoms with Crippen molar-refractivity contribution >= 4 is 17.2 Å². The number of thiazole rings is 1. The van der Waals surface area contributed by atoms with Gasteiger partial charge >= 0.3 is 0 Å². The minimum atomic E-state index is -0.255. The third kappa shape index (κ3) is 3.81. The summed E-state index contributed by atoms with van der Waals surface area (Å²) in [4.78, 5) is 21.4. The van der Waals surface area contributed by atoms with E-state index in [2.05, 4.69) is 22.9 Å². The Morgan fingerprint density at radius 3 is 2.67 bits per heavy atom. The van der Waals surface area contributed by atoms with Gasteiger partial charge in [-0.15, -0.1) is 11.3 Å². The normalized spacial score (nSPS) is 23.3. The molecule has 7 heteroatoms. The van der Waals surface area contributed by atoms with Crippen molar-refractivity contribution in [1.82, 2.24) is 14.8 Å². The van der Waals surface area contributed by atoms with E-state index in [1.165, 1.54) is 0 Å². The second kappa shape index (κ2) is 7.37. The zero-order valence-electron chi connectivity index (χ0n) is 16.2. The van der Waals surface area contributed by atoms with Gasteiger partial charge in [0.2, 0.25) is 5.91 Å². The lowest BCUT2D eigenvalue weighted by Gasteiger charge is -2.51. The van der Waals surface area contributed by atoms with E-state index in [1.54, 1.807) is 11.3 Å². The van der Waals surface area contributed by atoms with Crippen LogP contribution in [-0.4, -0.2) is 52.0 Å². The zero-order valence-corrected chi connectivity index (χ0v) is 17.1. The standard InChI is InChI=1S/C20H27N3O3S/c1-14-4-5-18(26-14)11-22-8-6-20(7-9-22)15(2)23(19(24)12-25-20)10-17-13-27-16(3)21-17/h4-5,13,15H,6-12H2,1-3H3/t15-/m1/s1. The van der Waals surface area contributed by atoms with Crippen LogP contribution in [0.1, 0.15) is 42.0 Å². The van der Waals surface area contributed by atoms with Gasteiger partial charge < -0.3 is 14.1 Å². The molecule has 4 heterocycles. The molecule has 0 unspecified atom stereocenters. The highest BCUT2D eigenvalue weighted by atomic mass is 32.1. The maximum Gasteiger partial charge on any atom is 0.249 e. The summed E-state index contributed by atoms with van der Waals surface area (Å²) in [5, 5.41) is 3.08. The first-order valence-electron chi connectivity index (χ1n) is 9.57. The molecule has 6 nitrogen and oxygen atoms in total. The molecular weight excluding hydrogens is 362 g/mol. The summed E-state index contributed by atoms with van der Waals surface area (Å²) in [6.07, 6.45) is 1.85. The molecule has 0 bridgehead atoms. The van der Waals surface area contributed by atoms with Crippen molar-refractivity contribution in [3.8, 4) is 0 Å². The van der Waals surface area contributed by atoms with Crippen LogP contribution in [0.3, 0.4) is 0 Å². The van der Waals surface area contributed by atoms with E-state index in [0.717, 1.165) is 54.7 Å². The minimum absolute atomic E-state index is 0.0498. The molecule has 2 aromatic rings. The van der Waals surface area contributed by atoms with E-state index < -0.39 is 0 Å². The Hall–Kier alpha value is -1.70. The first-order valence-corrected chi connectivity index (χ1v) is 10.5. The molecule has 0 aliphatic carbocycles. The Bertz CT molecular complexity index is 807. The Kier molecular flexibility index (Phi) is 5.09. The molecule has 2 aliphatic heterocycles. The monoisotopic (exact) mass is 389 g/mol. The summed E-state index contributed by atoms with van der Waals surface area (Å²) >= 11 is 1.63. The van der Waals surface area contributed by atoms with E-state index in [4.69, 9.17) is 9.15 Å². The van der Waals surface area contributed by atoms with Crippen molar-refractivity contribution < 1.29 is 13.9 Å². The lowest BCUT2D eigenvalue weighted by Crippen LogP contribution is -2.63. The summed E-state index contributed by atoms with van der Waals surface area (Å²) in [5.74, 6) is 2.03. The van der Waals surface area contributed by atoms with Crippen molar-refractivity contribution in [1.29, 1.82) is 0 Å². The fourth-order valence-corrected chi connectivity index (χ4v) is 4.84. The van der Waals surface area contributed by atoms with Crippen LogP contribution in [0.15, 0.2) is 21.9 Å². The molecule has 0 radical (unpaired) electrons. The summed E-state index contributed by atoms with van der Waals surface area (Å²) in [6.45, 7) is 9.57. The predicted molar refractivity (Wildman–Crippen MR) is 104 cm³/mol. The molecular formula is C20H27N3O3S. The van der Waals surface area contributed by atoms with Crippen molar-refractivity contribution in [2.24, 2.45) is 0 Å². The van der Waals surface area contributed by atoms with Gasteiger partial charge in [-0.25, -0.2) is 4.98 Å². The first-order chi connectivity index (χ1) is 12.9. The number of likely N-dealkylation sites (tertiary alicyclic amines) is 1. The van der Waals surface area contributed by atoms with Gasteiger partial charge in [-0.1, -0.05) is 0 Å². The Morgan fingerprint density at radius 2 is 2.04 bits per heavy atom. The highest BCUT2D eigenvalue weighted by molar-refractivity contribution is 7.09. The van der Waals surface area contributed by atoms with Gasteiger partial charge in [-0.3, -0.25) is 9.69 Å². The molecule has 2 saturated heterocycles. The molecule has 27 heavy (non-hydrogen) atoms. The number of ether oxygens (including phenoxy) is 1. The highest BCUT2D eigenvalue weighted by Crippen LogP contribution is 2.36. The van der Waals surface area contributed by atoms with Crippen LogP contribution in [-0.2, 0) is 22.6 Å². The number of nitrogens with zero attached hydrogens (tertiary/aromatic N) is 3. The number of aryl methyl sites for hydroxylation is 2. The number of carbonyl (C=O) groups excluding carboxylic acids is 1. The fraction of sp³-hybridized carbons (Fsp3) is 0.600. The van der Waals surface area contributed by atoms with E-state index in [0.29, 0.717) is 6.54 Å². The maximum absolute atomic E-state index is 12.5. The average Bonchev–Trinajstić information content (AvgIpc) is 3.25. The van der Waals surface area contributed by atoms with Gasteiger partial charge in [-0.05, 0) is 45.7 Å². The smallest absolute Gasteiger partial charge is 0.249 e. The van der Waals surface area contributed by atoms with Crippen LogP contribution < -0.4 is 0 Å². The number of hydrogen-bond donors (Lipinski definition) is 0. The zero-order chi connectivity index (χ0) is 19.0. The van der Waals surface area contributed by atoms with Crippen molar-refractivity contribution in [2.75, 3.05) is 19.7 Å². The fourth-order valence-electron chi connectivity index (χ4n) is 4.23. The quantitative estimate of drug-likeness (QED) is 0.804. The van der Waals surface area contributed by atoms with Crippen molar-refractivity contribution in [2.45, 2.75) is 58.3 Å². The van der Waals surface area contributed by atoms with Crippen LogP contribution >= 0.6 is 11.3 Å². The Labute approximate surface area is 164 Å². The number of rotatable bonds is 4. The average molecular weight is 390 g/mol. The van der Waals surface area contributed by atoms with Gasteiger partial charge in [0.25, 0.3) is 0 Å². The first kappa shape index (κ1) is 18.7. The Morgan fingerprint density at radius 1 is 1.26 bits per heavy atom. The molecule has 1 atom stereocenters. The number of furan rings is 1. The second-order valence-corrected chi connectivity index (χ2v) is 8.76. The van der Waals surface area contributed by atoms with Gasteiger partial charge in [-0.2, -0.15) is 0 Å². The van der Waals surface area contributed by atoms with E-state index >= 15 is 0 Å². The van der Waals surface area contributed by atoms with Crippen LogP contribution in [0.2, 0.25) is 0 Å². The summed E-state index contributed by atoms with van der Waals surface area (Å²) in [5.41, 5.74) is 0.717. The van der Waals surface area contributed by atoms with E-state index in [9.17, 15) is 4.79 Å². The molecule has 1 amide bonds. The molecule has 2 aliphatic rings. The summed E-state index contributed by atoms with van der Waals surface area (Å²) in [6, 6.07) is 4.11. The van der Waals surface area contributed by atoms with Gasteiger partial charge in [0.1, 0.15) is 18.1 Å². The van der Waals surface area contributed by atoms with Crippen LogP contribution in [0, 0.1) is 13.8 Å². The second-order valence-electron chi connectivity index (χ2n) is 7.70. The molecule has 0 saturated carbocycles. The number of morpholine rings is 1. The number of aromatic nitrogens is 1. The number of amides is 1. The van der Waals surface area contributed by atoms with E-state index in [1.807, 2.05) is 30.2 Å². The van der Waals surface area contributed by atoms with Crippen LogP contribution in [0.5, 0.6) is 0 Å². The molecule has 2 fully saturated rings. The topological polar surface area (TPSA) is 58.8 Å². The van der Waals surface area contributed by atoms with Crippen LogP contribution in [0.25, 0.3) is 0 Å². The third-order valence-electron chi connectivity index (χ3n) is 5.91. The largest absolute Gasteiger partial charge is 0.465 e. The summed E-state index contributed by atoms with van der Waals surface area (Å²) in [7, 11) is 0. The maximum atomic E-state index is 12.5. The molecule has 146 valence electrons. The molecule has 4 rings (SSSR count). The molecule has 0 N–H and O–H groups in total. The predicted octanol–water partition coefficient (Wildman–Crippen LogP) is 3.14. The highest BCUT2D eigenvalue weighted by Gasteiger charge is 2.48. The van der Waals surface area contributed by atoms with Gasteiger partial charge in [0.05, 0.1) is 35.4 Å². The van der Waals surface area contributed by atoms with Crippen molar-refractivity contribution in [3.63, 3.8) is 0 Å².